The van der Waals surface area contributed by atoms with Gasteiger partial charge in [-0.25, -0.2) is 0 Å². The molecule has 2 heterocycles. The van der Waals surface area contributed by atoms with Crippen LogP contribution in [0.25, 0.3) is 10.9 Å². The minimum atomic E-state index is -0.398. The molecule has 3 aromatic rings. The van der Waals surface area contributed by atoms with Crippen LogP contribution in [0.3, 0.4) is 0 Å². The number of phenols is 1. The number of amides is 1. The molecule has 0 bridgehead atoms. The predicted molar refractivity (Wildman–Crippen MR) is 120 cm³/mol. The normalized spacial score (nSPS) is 15.7. The number of carbonyl (C=O) groups is 1. The zero-order valence-electron chi connectivity index (χ0n) is 16.4. The van der Waals surface area contributed by atoms with E-state index >= 15 is 0 Å². The standard InChI is InChI=1S/C23H27N3O2S/c24-23(28)18-4-5-21-19(14-25-22(21)13-18)15-29-11-10-26-8-6-16(7-9-26)17-2-1-3-20(27)12-17/h1-5,12-14,16,25,27H,6-11,15H2,(H2,24,28). The average Bonchev–Trinajstić information content (AvgIpc) is 3.14. The van der Waals surface area contributed by atoms with Crippen LogP contribution in [0.2, 0.25) is 0 Å². The Balaban J connectivity index is 1.22. The Morgan fingerprint density at radius 3 is 2.79 bits per heavy atom. The quantitative estimate of drug-likeness (QED) is 0.514. The Hall–Kier alpha value is -2.44. The van der Waals surface area contributed by atoms with Crippen LogP contribution in [0, 0.1) is 0 Å². The van der Waals surface area contributed by atoms with Crippen molar-refractivity contribution in [3.05, 3.63) is 65.4 Å². The third kappa shape index (κ3) is 4.77. The summed E-state index contributed by atoms with van der Waals surface area (Å²) in [5.41, 5.74) is 9.38. The van der Waals surface area contributed by atoms with E-state index in [1.807, 2.05) is 42.2 Å². The minimum absolute atomic E-state index is 0.365. The van der Waals surface area contributed by atoms with E-state index in [-0.39, 0.29) is 0 Å². The highest BCUT2D eigenvalue weighted by Gasteiger charge is 2.20. The second-order valence-corrected chi connectivity index (χ2v) is 8.81. The third-order valence-electron chi connectivity index (χ3n) is 5.79. The molecule has 1 amide bonds. The van der Waals surface area contributed by atoms with Crippen molar-refractivity contribution in [2.24, 2.45) is 5.73 Å². The second kappa shape index (κ2) is 8.93. The number of nitrogens with one attached hydrogen (secondary N) is 1. The number of likely N-dealkylation sites (tertiary alicyclic amines) is 1. The molecule has 29 heavy (non-hydrogen) atoms. The molecular weight excluding hydrogens is 382 g/mol. The highest BCUT2D eigenvalue weighted by atomic mass is 32.2. The Kier molecular flexibility index (Phi) is 6.11. The molecule has 0 radical (unpaired) electrons. The van der Waals surface area contributed by atoms with E-state index < -0.39 is 5.91 Å². The lowest BCUT2D eigenvalue weighted by molar-refractivity contribution is 0.100. The number of benzene rings is 2. The van der Waals surface area contributed by atoms with E-state index in [9.17, 15) is 9.90 Å². The first-order valence-corrected chi connectivity index (χ1v) is 11.2. The summed E-state index contributed by atoms with van der Waals surface area (Å²) in [6.07, 6.45) is 4.33. The molecule has 0 atom stereocenters. The number of hydrogen-bond acceptors (Lipinski definition) is 4. The van der Waals surface area contributed by atoms with Crippen molar-refractivity contribution in [2.45, 2.75) is 24.5 Å². The second-order valence-electron chi connectivity index (χ2n) is 7.70. The Morgan fingerprint density at radius 2 is 2.03 bits per heavy atom. The van der Waals surface area contributed by atoms with Crippen LogP contribution in [0.4, 0.5) is 0 Å². The zero-order chi connectivity index (χ0) is 20.2. The Labute approximate surface area is 175 Å². The van der Waals surface area contributed by atoms with Crippen molar-refractivity contribution in [2.75, 3.05) is 25.4 Å². The maximum atomic E-state index is 11.3. The summed E-state index contributed by atoms with van der Waals surface area (Å²) in [4.78, 5) is 17.1. The molecule has 4 rings (SSSR count). The minimum Gasteiger partial charge on any atom is -0.508 e. The first-order valence-electron chi connectivity index (χ1n) is 10.1. The van der Waals surface area contributed by atoms with Gasteiger partial charge >= 0.3 is 0 Å². The van der Waals surface area contributed by atoms with Crippen molar-refractivity contribution in [3.8, 4) is 5.75 Å². The molecule has 1 saturated heterocycles. The molecule has 0 saturated carbocycles. The van der Waals surface area contributed by atoms with Crippen molar-refractivity contribution >= 4 is 28.6 Å². The van der Waals surface area contributed by atoms with E-state index in [4.69, 9.17) is 5.73 Å². The number of phenolic OH excluding ortho intramolecular Hbond substituents is 1. The molecule has 1 aliphatic heterocycles. The topological polar surface area (TPSA) is 82.3 Å². The van der Waals surface area contributed by atoms with Crippen molar-refractivity contribution in [1.29, 1.82) is 0 Å². The van der Waals surface area contributed by atoms with Gasteiger partial charge in [0.15, 0.2) is 0 Å². The summed E-state index contributed by atoms with van der Waals surface area (Å²) in [5.74, 6) is 2.58. The molecule has 5 nitrogen and oxygen atoms in total. The number of nitrogens with two attached hydrogens (primary N) is 1. The van der Waals surface area contributed by atoms with Crippen LogP contribution in [-0.4, -0.2) is 46.3 Å². The highest BCUT2D eigenvalue weighted by Crippen LogP contribution is 2.30. The maximum Gasteiger partial charge on any atom is 0.248 e. The highest BCUT2D eigenvalue weighted by molar-refractivity contribution is 7.98. The molecule has 6 heteroatoms. The number of rotatable bonds is 7. The van der Waals surface area contributed by atoms with Gasteiger partial charge < -0.3 is 20.7 Å². The third-order valence-corrected chi connectivity index (χ3v) is 6.78. The predicted octanol–water partition coefficient (Wildman–Crippen LogP) is 4.09. The molecule has 0 aliphatic carbocycles. The van der Waals surface area contributed by atoms with Gasteiger partial charge in [-0.15, -0.1) is 0 Å². The van der Waals surface area contributed by atoms with Crippen molar-refractivity contribution in [1.82, 2.24) is 9.88 Å². The Bertz CT molecular complexity index is 993. The molecule has 0 unspecified atom stereocenters. The summed E-state index contributed by atoms with van der Waals surface area (Å²) in [5, 5.41) is 10.8. The van der Waals surface area contributed by atoms with Crippen LogP contribution in [0.15, 0.2) is 48.7 Å². The van der Waals surface area contributed by atoms with Gasteiger partial charge in [-0.1, -0.05) is 18.2 Å². The van der Waals surface area contributed by atoms with Gasteiger partial charge in [-0.2, -0.15) is 11.8 Å². The van der Waals surface area contributed by atoms with Gasteiger partial charge in [0, 0.05) is 40.7 Å². The molecule has 1 aromatic heterocycles. The number of carbonyl (C=O) groups excluding carboxylic acids is 1. The molecule has 0 spiro atoms. The van der Waals surface area contributed by atoms with E-state index in [0.29, 0.717) is 17.2 Å². The molecular formula is C23H27N3O2S. The lowest BCUT2D eigenvalue weighted by Gasteiger charge is -2.32. The van der Waals surface area contributed by atoms with E-state index in [2.05, 4.69) is 16.0 Å². The lowest BCUT2D eigenvalue weighted by atomic mass is 9.89. The molecule has 1 aliphatic rings. The summed E-state index contributed by atoms with van der Waals surface area (Å²) in [6.45, 7) is 3.33. The number of hydrogen-bond donors (Lipinski definition) is 3. The number of nitrogens with zero attached hydrogens (tertiary/aromatic N) is 1. The largest absolute Gasteiger partial charge is 0.508 e. The molecule has 152 valence electrons. The summed E-state index contributed by atoms with van der Waals surface area (Å²) >= 11 is 1.94. The number of aromatic amines is 1. The van der Waals surface area contributed by atoms with Crippen molar-refractivity contribution < 1.29 is 9.90 Å². The molecule has 1 fully saturated rings. The van der Waals surface area contributed by atoms with Crippen LogP contribution in [0.5, 0.6) is 5.75 Å². The van der Waals surface area contributed by atoms with Gasteiger partial charge in [0.05, 0.1) is 0 Å². The fraction of sp³-hybridized carbons (Fsp3) is 0.348. The van der Waals surface area contributed by atoms with E-state index in [0.717, 1.165) is 54.9 Å². The number of piperidine rings is 1. The number of H-pyrrole nitrogens is 1. The van der Waals surface area contributed by atoms with Gasteiger partial charge in [-0.3, -0.25) is 4.79 Å². The Morgan fingerprint density at radius 1 is 1.21 bits per heavy atom. The summed E-state index contributed by atoms with van der Waals surface area (Å²) in [7, 11) is 0. The number of aromatic nitrogens is 1. The van der Waals surface area contributed by atoms with E-state index in [1.165, 1.54) is 11.1 Å². The smallest absolute Gasteiger partial charge is 0.248 e. The zero-order valence-corrected chi connectivity index (χ0v) is 17.3. The first-order chi connectivity index (χ1) is 14.1. The van der Waals surface area contributed by atoms with Crippen LogP contribution >= 0.6 is 11.8 Å². The SMILES string of the molecule is NC(=O)c1ccc2c(CSCCN3CCC(c4cccc(O)c4)CC3)c[nH]c2c1. The molecule has 2 aromatic carbocycles. The number of fused-ring (bicyclic) bond motifs is 1. The summed E-state index contributed by atoms with van der Waals surface area (Å²) < 4.78 is 0. The fourth-order valence-corrected chi connectivity index (χ4v) is 5.09. The van der Waals surface area contributed by atoms with Gasteiger partial charge in [-0.05, 0) is 67.2 Å². The van der Waals surface area contributed by atoms with Gasteiger partial charge in [0.1, 0.15) is 5.75 Å². The van der Waals surface area contributed by atoms with Crippen LogP contribution in [0.1, 0.15) is 40.2 Å². The fourth-order valence-electron chi connectivity index (χ4n) is 4.10. The van der Waals surface area contributed by atoms with Gasteiger partial charge in [0.25, 0.3) is 0 Å². The van der Waals surface area contributed by atoms with Crippen LogP contribution < -0.4 is 5.73 Å². The lowest BCUT2D eigenvalue weighted by Crippen LogP contribution is -2.34. The monoisotopic (exact) mass is 409 g/mol. The van der Waals surface area contributed by atoms with Crippen LogP contribution in [-0.2, 0) is 5.75 Å². The number of aromatic hydroxyl groups is 1. The first kappa shape index (κ1) is 19.9. The number of thioether (sulfide) groups is 1. The number of primary amides is 1. The van der Waals surface area contributed by atoms with Gasteiger partial charge in [0.2, 0.25) is 5.91 Å². The van der Waals surface area contributed by atoms with Crippen molar-refractivity contribution in [3.63, 3.8) is 0 Å². The van der Waals surface area contributed by atoms with E-state index in [1.54, 1.807) is 12.1 Å². The molecule has 4 N–H and O–H groups in total. The average molecular weight is 410 g/mol. The summed E-state index contributed by atoms with van der Waals surface area (Å²) in [6, 6.07) is 13.3. The maximum absolute atomic E-state index is 11.3.